The Hall–Kier alpha value is -0.470. The molecule has 0 aromatic carbocycles. The van der Waals surface area contributed by atoms with Gasteiger partial charge in [0.25, 0.3) is 10.2 Å². The van der Waals surface area contributed by atoms with Crippen LogP contribution in [-0.4, -0.2) is 39.0 Å². The highest BCUT2D eigenvalue weighted by Gasteiger charge is 2.26. The number of hydrogen-bond donors (Lipinski definition) is 2. The maximum atomic E-state index is 12.4. The van der Waals surface area contributed by atoms with Gasteiger partial charge in [-0.15, -0.1) is 11.3 Å². The fourth-order valence-corrected chi connectivity index (χ4v) is 5.79. The van der Waals surface area contributed by atoms with E-state index in [2.05, 4.69) is 31.9 Å². The van der Waals surface area contributed by atoms with Gasteiger partial charge in [-0.25, -0.2) is 4.72 Å². The third-order valence-electron chi connectivity index (χ3n) is 5.10. The van der Waals surface area contributed by atoms with Gasteiger partial charge in [0.2, 0.25) is 0 Å². The van der Waals surface area contributed by atoms with Crippen molar-refractivity contribution in [2.75, 3.05) is 19.6 Å². The number of thiophene rings is 1. The first-order valence-electron chi connectivity index (χ1n) is 9.18. The predicted octanol–water partition coefficient (Wildman–Crippen LogP) is 3.03. The van der Waals surface area contributed by atoms with E-state index in [4.69, 9.17) is 0 Å². The highest BCUT2D eigenvalue weighted by Crippen LogP contribution is 2.27. The van der Waals surface area contributed by atoms with Gasteiger partial charge < -0.3 is 0 Å². The van der Waals surface area contributed by atoms with Crippen molar-refractivity contribution in [1.29, 1.82) is 0 Å². The van der Waals surface area contributed by atoms with Gasteiger partial charge in [0.1, 0.15) is 0 Å². The van der Waals surface area contributed by atoms with E-state index in [1.807, 2.05) is 0 Å². The number of rotatable bonds is 7. The molecule has 24 heavy (non-hydrogen) atoms. The van der Waals surface area contributed by atoms with Crippen LogP contribution in [0.4, 0.5) is 0 Å². The Morgan fingerprint density at radius 3 is 2.46 bits per heavy atom. The molecule has 0 bridgehead atoms. The summed E-state index contributed by atoms with van der Waals surface area (Å²) in [4.78, 5) is 3.71. The third-order valence-corrected chi connectivity index (χ3v) is 7.26. The van der Waals surface area contributed by atoms with Crippen molar-refractivity contribution < 1.29 is 8.42 Å². The van der Waals surface area contributed by atoms with Gasteiger partial charge in [-0.05, 0) is 50.2 Å². The van der Waals surface area contributed by atoms with Gasteiger partial charge in [0, 0.05) is 17.5 Å². The SMILES string of the molecule is O=S(=O)(NCC(c1cccs1)N1CCCCCC1)NC1CCCC1. The second-order valence-corrected chi connectivity index (χ2v) is 9.44. The molecule has 2 N–H and O–H groups in total. The summed E-state index contributed by atoms with van der Waals surface area (Å²) in [6.45, 7) is 2.56. The molecule has 1 aromatic heterocycles. The molecule has 2 aliphatic rings. The third kappa shape index (κ3) is 5.26. The number of nitrogens with one attached hydrogen (secondary N) is 2. The highest BCUT2D eigenvalue weighted by molar-refractivity contribution is 7.87. The lowest BCUT2D eigenvalue weighted by atomic mass is 10.2. The van der Waals surface area contributed by atoms with Gasteiger partial charge in [0.05, 0.1) is 6.04 Å². The number of likely N-dealkylation sites (tertiary alicyclic amines) is 1. The molecule has 5 nitrogen and oxygen atoms in total. The van der Waals surface area contributed by atoms with Crippen molar-refractivity contribution in [2.45, 2.75) is 63.5 Å². The van der Waals surface area contributed by atoms with Crippen LogP contribution in [0.5, 0.6) is 0 Å². The maximum Gasteiger partial charge on any atom is 0.277 e. The van der Waals surface area contributed by atoms with Crippen LogP contribution in [0.1, 0.15) is 62.3 Å². The Kier molecular flexibility index (Phi) is 6.69. The van der Waals surface area contributed by atoms with Gasteiger partial charge in [-0.2, -0.15) is 13.1 Å². The van der Waals surface area contributed by atoms with E-state index in [1.165, 1.54) is 30.6 Å². The molecule has 2 heterocycles. The van der Waals surface area contributed by atoms with Crippen molar-refractivity contribution in [3.63, 3.8) is 0 Å². The molecule has 0 spiro atoms. The molecule has 2 fully saturated rings. The smallest absolute Gasteiger partial charge is 0.277 e. The molecule has 1 saturated heterocycles. The topological polar surface area (TPSA) is 61.4 Å². The first-order chi connectivity index (χ1) is 11.6. The zero-order valence-electron chi connectivity index (χ0n) is 14.2. The molecule has 0 radical (unpaired) electrons. The Balaban J connectivity index is 1.63. The molecular formula is C17H29N3O2S2. The van der Waals surface area contributed by atoms with Gasteiger partial charge in [-0.1, -0.05) is 31.7 Å². The summed E-state index contributed by atoms with van der Waals surface area (Å²) < 4.78 is 30.4. The van der Waals surface area contributed by atoms with E-state index in [0.717, 1.165) is 38.8 Å². The molecule has 1 atom stereocenters. The van der Waals surface area contributed by atoms with E-state index >= 15 is 0 Å². The van der Waals surface area contributed by atoms with Crippen molar-refractivity contribution in [2.24, 2.45) is 0 Å². The Bertz CT molecular complexity index is 575. The first-order valence-corrected chi connectivity index (χ1v) is 11.5. The average molecular weight is 372 g/mol. The van der Waals surface area contributed by atoms with Crippen molar-refractivity contribution in [1.82, 2.24) is 14.3 Å². The zero-order valence-corrected chi connectivity index (χ0v) is 15.9. The fourth-order valence-electron chi connectivity index (χ4n) is 3.79. The van der Waals surface area contributed by atoms with Crippen LogP contribution in [-0.2, 0) is 10.2 Å². The lowest BCUT2D eigenvalue weighted by Gasteiger charge is -2.30. The van der Waals surface area contributed by atoms with Crippen LogP contribution >= 0.6 is 11.3 Å². The zero-order chi connectivity index (χ0) is 16.8. The lowest BCUT2D eigenvalue weighted by Crippen LogP contribution is -2.45. The van der Waals surface area contributed by atoms with Crippen LogP contribution in [0, 0.1) is 0 Å². The van der Waals surface area contributed by atoms with E-state index in [1.54, 1.807) is 11.3 Å². The van der Waals surface area contributed by atoms with E-state index in [9.17, 15) is 8.42 Å². The minimum atomic E-state index is -3.42. The molecule has 1 aliphatic carbocycles. The minimum Gasteiger partial charge on any atom is -0.294 e. The molecule has 136 valence electrons. The number of hydrogen-bond acceptors (Lipinski definition) is 4. The van der Waals surface area contributed by atoms with E-state index in [0.29, 0.717) is 6.54 Å². The summed E-state index contributed by atoms with van der Waals surface area (Å²) in [5.74, 6) is 0. The molecule has 1 aliphatic heterocycles. The van der Waals surface area contributed by atoms with E-state index in [-0.39, 0.29) is 12.1 Å². The van der Waals surface area contributed by atoms with Crippen LogP contribution in [0.15, 0.2) is 17.5 Å². The second-order valence-electron chi connectivity index (χ2n) is 6.93. The molecular weight excluding hydrogens is 342 g/mol. The maximum absolute atomic E-state index is 12.4. The predicted molar refractivity (Wildman–Crippen MR) is 99.4 cm³/mol. The molecule has 3 rings (SSSR count). The van der Waals surface area contributed by atoms with E-state index < -0.39 is 10.2 Å². The van der Waals surface area contributed by atoms with Crippen molar-refractivity contribution in [3.05, 3.63) is 22.4 Å². The van der Waals surface area contributed by atoms with Gasteiger partial charge in [-0.3, -0.25) is 4.90 Å². The molecule has 1 unspecified atom stereocenters. The monoisotopic (exact) mass is 371 g/mol. The summed E-state index contributed by atoms with van der Waals surface area (Å²) in [7, 11) is -3.42. The van der Waals surface area contributed by atoms with Crippen LogP contribution in [0.3, 0.4) is 0 Å². The first kappa shape index (κ1) is 18.3. The summed E-state index contributed by atoms with van der Waals surface area (Å²) >= 11 is 1.72. The normalized spacial score (nSPS) is 22.5. The van der Waals surface area contributed by atoms with Gasteiger partial charge >= 0.3 is 0 Å². The highest BCUT2D eigenvalue weighted by atomic mass is 32.2. The largest absolute Gasteiger partial charge is 0.294 e. The molecule has 1 aromatic rings. The average Bonchev–Trinajstić information content (AvgIpc) is 3.18. The van der Waals surface area contributed by atoms with Crippen LogP contribution < -0.4 is 9.44 Å². The standard InChI is InChI=1S/C17H29N3O2S2/c21-24(22,19-15-8-3-4-9-15)18-14-16(17-10-7-13-23-17)20-11-5-1-2-6-12-20/h7,10,13,15-16,18-19H,1-6,8-9,11-12,14H2. The lowest BCUT2D eigenvalue weighted by molar-refractivity contribution is 0.208. The molecule has 7 heteroatoms. The Morgan fingerprint density at radius 2 is 1.83 bits per heavy atom. The van der Waals surface area contributed by atoms with Crippen molar-refractivity contribution >= 4 is 21.5 Å². The Morgan fingerprint density at radius 1 is 1.12 bits per heavy atom. The number of nitrogens with zero attached hydrogens (tertiary/aromatic N) is 1. The Labute approximate surface area is 150 Å². The van der Waals surface area contributed by atoms with Crippen LogP contribution in [0.2, 0.25) is 0 Å². The van der Waals surface area contributed by atoms with Crippen molar-refractivity contribution in [3.8, 4) is 0 Å². The fraction of sp³-hybridized carbons (Fsp3) is 0.765. The summed E-state index contributed by atoms with van der Waals surface area (Å²) in [6, 6.07) is 4.43. The second kappa shape index (κ2) is 8.76. The molecule has 0 amide bonds. The summed E-state index contributed by atoms with van der Waals surface area (Å²) in [5.41, 5.74) is 0. The van der Waals surface area contributed by atoms with Crippen LogP contribution in [0.25, 0.3) is 0 Å². The summed E-state index contributed by atoms with van der Waals surface area (Å²) in [5, 5.41) is 2.07. The van der Waals surface area contributed by atoms with Gasteiger partial charge in [0.15, 0.2) is 0 Å². The minimum absolute atomic E-state index is 0.112. The summed E-state index contributed by atoms with van der Waals surface area (Å²) in [6.07, 6.45) is 9.13. The quantitative estimate of drug-likeness (QED) is 0.774. The molecule has 1 saturated carbocycles.